The topological polar surface area (TPSA) is 40.5 Å². The molecule has 0 spiro atoms. The number of hydrogen-bond acceptors (Lipinski definition) is 3. The van der Waals surface area contributed by atoms with Crippen molar-refractivity contribution in [1.29, 1.82) is 0 Å². The van der Waals surface area contributed by atoms with Crippen molar-refractivity contribution in [2.45, 2.75) is 161 Å². The SMILES string of the molecule is CC1CC=C(C2CCCCC(C(CCCCCO)CCCCCO)CCC2)SC=C1c1ccc2c(c1)C(C)(C)CCC2(C)C. The number of fused-ring (bicyclic) bond motifs is 1. The molecule has 4 rings (SSSR count). The predicted molar refractivity (Wildman–Crippen MR) is 193 cm³/mol. The Bertz CT molecular complexity index is 1070. The first kappa shape index (κ1) is 35.8. The van der Waals surface area contributed by atoms with Gasteiger partial charge in [-0.2, -0.15) is 0 Å². The zero-order chi connectivity index (χ0) is 31.6. The highest BCUT2D eigenvalue weighted by Gasteiger charge is 2.37. The van der Waals surface area contributed by atoms with Gasteiger partial charge in [0.2, 0.25) is 0 Å². The molecular formula is C41H66O2S. The Balaban J connectivity index is 1.41. The quantitative estimate of drug-likeness (QED) is 0.215. The molecule has 3 unspecified atom stereocenters. The second-order valence-corrected chi connectivity index (χ2v) is 17.0. The van der Waals surface area contributed by atoms with Crippen molar-refractivity contribution in [3.8, 4) is 0 Å². The van der Waals surface area contributed by atoms with Gasteiger partial charge in [0.05, 0.1) is 0 Å². The molecule has 1 aromatic carbocycles. The van der Waals surface area contributed by atoms with Gasteiger partial charge in [0, 0.05) is 13.2 Å². The van der Waals surface area contributed by atoms with Crippen LogP contribution in [-0.2, 0) is 10.8 Å². The molecular weight excluding hydrogens is 557 g/mol. The predicted octanol–water partition coefficient (Wildman–Crippen LogP) is 11.7. The van der Waals surface area contributed by atoms with Gasteiger partial charge in [-0.25, -0.2) is 0 Å². The summed E-state index contributed by atoms with van der Waals surface area (Å²) in [5.74, 6) is 2.96. The minimum absolute atomic E-state index is 0.249. The molecule has 3 heteroatoms. The second kappa shape index (κ2) is 17.2. The van der Waals surface area contributed by atoms with Gasteiger partial charge < -0.3 is 10.2 Å². The van der Waals surface area contributed by atoms with E-state index in [-0.39, 0.29) is 10.8 Å². The van der Waals surface area contributed by atoms with E-state index in [2.05, 4.69) is 76.1 Å². The third kappa shape index (κ3) is 9.74. The van der Waals surface area contributed by atoms with E-state index >= 15 is 0 Å². The molecule has 0 aromatic heterocycles. The Morgan fingerprint density at radius 2 is 1.39 bits per heavy atom. The minimum atomic E-state index is 0.249. The van der Waals surface area contributed by atoms with Crippen molar-refractivity contribution in [3.05, 3.63) is 51.3 Å². The fourth-order valence-electron chi connectivity index (χ4n) is 8.57. The van der Waals surface area contributed by atoms with Gasteiger partial charge in [0.1, 0.15) is 0 Å². The van der Waals surface area contributed by atoms with Gasteiger partial charge in [-0.1, -0.05) is 130 Å². The molecule has 0 bridgehead atoms. The lowest BCUT2D eigenvalue weighted by atomic mass is 9.62. The number of aliphatic hydroxyl groups is 2. The molecule has 3 atom stereocenters. The summed E-state index contributed by atoms with van der Waals surface area (Å²) in [7, 11) is 0. The number of benzene rings is 1. The lowest BCUT2D eigenvalue weighted by Gasteiger charge is -2.42. The van der Waals surface area contributed by atoms with E-state index in [1.54, 1.807) is 16.0 Å². The average molecular weight is 623 g/mol. The van der Waals surface area contributed by atoms with E-state index < -0.39 is 0 Å². The van der Waals surface area contributed by atoms with Crippen molar-refractivity contribution >= 4 is 17.3 Å². The van der Waals surface area contributed by atoms with Gasteiger partial charge >= 0.3 is 0 Å². The van der Waals surface area contributed by atoms with Gasteiger partial charge in [0.15, 0.2) is 0 Å². The maximum Gasteiger partial charge on any atom is 0.0431 e. The van der Waals surface area contributed by atoms with Crippen LogP contribution in [0.4, 0.5) is 0 Å². The molecule has 0 saturated heterocycles. The van der Waals surface area contributed by atoms with E-state index in [1.165, 1.54) is 107 Å². The number of aliphatic hydroxyl groups excluding tert-OH is 2. The fraction of sp³-hybridized carbons (Fsp3) is 0.756. The number of rotatable bonds is 13. The summed E-state index contributed by atoms with van der Waals surface area (Å²) >= 11 is 2.05. The lowest BCUT2D eigenvalue weighted by Crippen LogP contribution is -2.33. The van der Waals surface area contributed by atoms with E-state index in [0.717, 1.165) is 37.0 Å². The summed E-state index contributed by atoms with van der Waals surface area (Å²) in [6, 6.07) is 7.46. The van der Waals surface area contributed by atoms with Crippen LogP contribution in [0.5, 0.6) is 0 Å². The van der Waals surface area contributed by atoms with Gasteiger partial charge in [-0.15, -0.1) is 11.8 Å². The Labute approximate surface area is 276 Å². The molecule has 248 valence electrons. The Morgan fingerprint density at radius 3 is 2.07 bits per heavy atom. The normalized spacial score (nSPS) is 25.7. The summed E-state index contributed by atoms with van der Waals surface area (Å²) in [5.41, 5.74) is 6.65. The highest BCUT2D eigenvalue weighted by atomic mass is 32.2. The van der Waals surface area contributed by atoms with Gasteiger partial charge in [-0.3, -0.25) is 0 Å². The monoisotopic (exact) mass is 622 g/mol. The number of thioether (sulfide) groups is 1. The first-order chi connectivity index (χ1) is 21.2. The summed E-state index contributed by atoms with van der Waals surface area (Å²) in [6.45, 7) is 12.9. The zero-order valence-corrected chi connectivity index (χ0v) is 30.0. The highest BCUT2D eigenvalue weighted by molar-refractivity contribution is 8.06. The van der Waals surface area contributed by atoms with Crippen molar-refractivity contribution < 1.29 is 10.2 Å². The van der Waals surface area contributed by atoms with Crippen LogP contribution < -0.4 is 0 Å². The Morgan fingerprint density at radius 1 is 0.773 bits per heavy atom. The van der Waals surface area contributed by atoms with Crippen LogP contribution in [0.25, 0.3) is 5.57 Å². The number of allylic oxidation sites excluding steroid dienone is 3. The maximum atomic E-state index is 9.26. The molecule has 1 aromatic rings. The van der Waals surface area contributed by atoms with E-state index in [9.17, 15) is 10.2 Å². The maximum absolute atomic E-state index is 9.26. The second-order valence-electron chi connectivity index (χ2n) is 16.0. The number of unbranched alkanes of at least 4 members (excludes halogenated alkanes) is 4. The van der Waals surface area contributed by atoms with Crippen LogP contribution >= 0.6 is 11.8 Å². The van der Waals surface area contributed by atoms with Crippen LogP contribution in [0.15, 0.2) is 34.6 Å². The first-order valence-corrected chi connectivity index (χ1v) is 19.5. The summed E-state index contributed by atoms with van der Waals surface area (Å²) in [5, 5.41) is 21.1. The fourth-order valence-corrected chi connectivity index (χ4v) is 9.83. The summed E-state index contributed by atoms with van der Waals surface area (Å²) in [4.78, 5) is 1.65. The molecule has 0 radical (unpaired) electrons. The molecule has 1 fully saturated rings. The molecule has 2 nitrogen and oxygen atoms in total. The first-order valence-electron chi connectivity index (χ1n) is 18.6. The van der Waals surface area contributed by atoms with Crippen molar-refractivity contribution in [1.82, 2.24) is 0 Å². The standard InChI is InChI=1S/C41H66O2S/c1-31-21-24-39(44-30-36(31)35-22-23-37-38(29-35)41(4,5)26-25-40(37,2)3)34-18-11-10-17-33(19-14-20-34)32(15-8-6-12-27-42)16-9-7-13-28-43/h22-24,29-34,42-43H,6-21,25-28H2,1-5H3. The molecule has 1 heterocycles. The van der Waals surface area contributed by atoms with Gasteiger partial charge in [-0.05, 0) is 112 Å². The minimum Gasteiger partial charge on any atom is -0.396 e. The van der Waals surface area contributed by atoms with E-state index in [0.29, 0.717) is 19.1 Å². The van der Waals surface area contributed by atoms with Crippen molar-refractivity contribution in [2.24, 2.45) is 23.7 Å². The summed E-state index contributed by atoms with van der Waals surface area (Å²) in [6.07, 6.45) is 25.3. The molecule has 2 aliphatic carbocycles. The smallest absolute Gasteiger partial charge is 0.0431 e. The van der Waals surface area contributed by atoms with Gasteiger partial charge in [0.25, 0.3) is 0 Å². The largest absolute Gasteiger partial charge is 0.396 e. The van der Waals surface area contributed by atoms with Crippen molar-refractivity contribution in [3.63, 3.8) is 0 Å². The van der Waals surface area contributed by atoms with Crippen LogP contribution in [0.2, 0.25) is 0 Å². The average Bonchev–Trinajstić information content (AvgIpc) is 3.10. The van der Waals surface area contributed by atoms with Crippen LogP contribution in [-0.4, -0.2) is 23.4 Å². The van der Waals surface area contributed by atoms with Crippen LogP contribution in [0.1, 0.15) is 167 Å². The zero-order valence-electron chi connectivity index (χ0n) is 29.1. The molecule has 0 amide bonds. The molecule has 44 heavy (non-hydrogen) atoms. The van der Waals surface area contributed by atoms with Crippen LogP contribution in [0, 0.1) is 23.7 Å². The Kier molecular flexibility index (Phi) is 14.0. The van der Waals surface area contributed by atoms with E-state index in [4.69, 9.17) is 0 Å². The summed E-state index contributed by atoms with van der Waals surface area (Å²) < 4.78 is 0. The molecule has 2 N–H and O–H groups in total. The molecule has 3 aliphatic rings. The highest BCUT2D eigenvalue weighted by Crippen LogP contribution is 2.48. The van der Waals surface area contributed by atoms with E-state index in [1.807, 2.05) is 0 Å². The third-order valence-electron chi connectivity index (χ3n) is 11.8. The third-order valence-corrected chi connectivity index (χ3v) is 12.9. The van der Waals surface area contributed by atoms with Crippen molar-refractivity contribution in [2.75, 3.05) is 13.2 Å². The lowest BCUT2D eigenvalue weighted by molar-refractivity contribution is 0.231. The number of hydrogen-bond donors (Lipinski definition) is 2. The van der Waals surface area contributed by atoms with Crippen LogP contribution in [0.3, 0.4) is 0 Å². The Hall–Kier alpha value is -1.03. The molecule has 1 saturated carbocycles. The molecule has 1 aliphatic heterocycles.